The van der Waals surface area contributed by atoms with Gasteiger partial charge in [0.1, 0.15) is 5.84 Å². The number of nitrogens with zero attached hydrogens (tertiary/aromatic N) is 3. The first-order chi connectivity index (χ1) is 15.5. The van der Waals surface area contributed by atoms with Crippen molar-refractivity contribution in [2.75, 3.05) is 39.8 Å². The minimum absolute atomic E-state index is 0.444. The third-order valence-corrected chi connectivity index (χ3v) is 5.96. The van der Waals surface area contributed by atoms with Gasteiger partial charge in [0.05, 0.1) is 6.54 Å². The molecule has 0 bridgehead atoms. The van der Waals surface area contributed by atoms with E-state index in [0.29, 0.717) is 12.1 Å². The molecule has 1 amide bonds. The normalized spacial score (nSPS) is 19.1. The Morgan fingerprint density at radius 1 is 1.03 bits per heavy atom. The van der Waals surface area contributed by atoms with Crippen molar-refractivity contribution >= 4 is 17.3 Å². The molecule has 0 atom stereocenters. The van der Waals surface area contributed by atoms with Gasteiger partial charge in [-0.15, -0.1) is 0 Å². The van der Waals surface area contributed by atoms with Crippen LogP contribution in [0.5, 0.6) is 0 Å². The summed E-state index contributed by atoms with van der Waals surface area (Å²) < 4.78 is 0. The molecule has 0 radical (unpaired) electrons. The number of nitrogens with one attached hydrogen (secondary N) is 1. The fourth-order valence-corrected chi connectivity index (χ4v) is 4.01. The predicted molar refractivity (Wildman–Crippen MR) is 129 cm³/mol. The number of allylic oxidation sites excluding steroid dienone is 2. The molecule has 2 heterocycles. The molecule has 0 saturated carbocycles. The Labute approximate surface area is 189 Å². The van der Waals surface area contributed by atoms with Gasteiger partial charge in [-0.1, -0.05) is 36.4 Å². The molecule has 2 aliphatic heterocycles. The molecule has 0 aliphatic carbocycles. The van der Waals surface area contributed by atoms with Crippen molar-refractivity contribution in [3.05, 3.63) is 88.8 Å². The largest absolute Gasteiger partial charge is 0.405 e. The minimum Gasteiger partial charge on any atom is -0.405 e. The number of likely N-dealkylation sites (N-methyl/N-ethyl adjacent to an activating group) is 1. The number of primary amides is 1. The van der Waals surface area contributed by atoms with Crippen molar-refractivity contribution in [3.8, 4) is 0 Å². The van der Waals surface area contributed by atoms with Crippen LogP contribution >= 0.6 is 0 Å². The number of hydrogen-bond donors (Lipinski definition) is 3. The predicted octanol–water partition coefficient (Wildman–Crippen LogP) is 1.77. The fraction of sp³-hybridized carbons (Fsp3) is 0.280. The second kappa shape index (κ2) is 9.80. The van der Waals surface area contributed by atoms with Gasteiger partial charge in [-0.2, -0.15) is 0 Å². The molecular weight excluding hydrogens is 400 g/mol. The van der Waals surface area contributed by atoms with Gasteiger partial charge in [0.2, 0.25) is 5.91 Å². The van der Waals surface area contributed by atoms with Gasteiger partial charge in [0.25, 0.3) is 0 Å². The molecule has 0 unspecified atom stereocenters. The van der Waals surface area contributed by atoms with E-state index in [2.05, 4.69) is 46.4 Å². The minimum atomic E-state index is -0.444. The maximum atomic E-state index is 11.4. The molecule has 2 aromatic carbocycles. The summed E-state index contributed by atoms with van der Waals surface area (Å²) in [7, 11) is 2.18. The van der Waals surface area contributed by atoms with Crippen LogP contribution in [0.3, 0.4) is 0 Å². The highest BCUT2D eigenvalue weighted by molar-refractivity contribution is 6.03. The van der Waals surface area contributed by atoms with Gasteiger partial charge in [0, 0.05) is 55.1 Å². The molecule has 5 N–H and O–H groups in total. The summed E-state index contributed by atoms with van der Waals surface area (Å²) in [6.45, 7) is 5.98. The lowest BCUT2D eigenvalue weighted by molar-refractivity contribution is 0.100. The van der Waals surface area contributed by atoms with Gasteiger partial charge >= 0.3 is 0 Å². The van der Waals surface area contributed by atoms with E-state index in [9.17, 15) is 4.79 Å². The van der Waals surface area contributed by atoms with E-state index in [1.54, 1.807) is 12.1 Å². The van der Waals surface area contributed by atoms with E-state index in [1.165, 1.54) is 11.8 Å². The van der Waals surface area contributed by atoms with Crippen molar-refractivity contribution < 1.29 is 4.79 Å². The van der Waals surface area contributed by atoms with E-state index in [-0.39, 0.29) is 0 Å². The summed E-state index contributed by atoms with van der Waals surface area (Å²) in [5.41, 5.74) is 16.7. The zero-order valence-electron chi connectivity index (χ0n) is 18.4. The second-order valence-electron chi connectivity index (χ2n) is 8.26. The monoisotopic (exact) mass is 430 g/mol. The molecule has 1 fully saturated rings. The number of benzene rings is 2. The molecule has 0 spiro atoms. The summed E-state index contributed by atoms with van der Waals surface area (Å²) in [4.78, 5) is 20.9. The average molecular weight is 431 g/mol. The Morgan fingerprint density at radius 3 is 2.31 bits per heavy atom. The highest BCUT2D eigenvalue weighted by Crippen LogP contribution is 2.23. The van der Waals surface area contributed by atoms with E-state index in [0.717, 1.165) is 61.0 Å². The maximum absolute atomic E-state index is 11.4. The molecule has 0 aromatic heterocycles. The van der Waals surface area contributed by atoms with Gasteiger partial charge < -0.3 is 21.7 Å². The second-order valence-corrected chi connectivity index (χ2v) is 8.26. The van der Waals surface area contributed by atoms with E-state index in [1.807, 2.05) is 18.2 Å². The molecule has 1 saturated heterocycles. The zero-order valence-corrected chi connectivity index (χ0v) is 18.4. The van der Waals surface area contributed by atoms with Crippen molar-refractivity contribution in [1.29, 1.82) is 0 Å². The van der Waals surface area contributed by atoms with Crippen LogP contribution in [-0.4, -0.2) is 61.3 Å². The van der Waals surface area contributed by atoms with Crippen LogP contribution in [0.1, 0.15) is 27.0 Å². The van der Waals surface area contributed by atoms with E-state index >= 15 is 0 Å². The number of nitrogens with two attached hydrogens (primary N) is 2. The van der Waals surface area contributed by atoms with Crippen molar-refractivity contribution in [3.63, 3.8) is 0 Å². The summed E-state index contributed by atoms with van der Waals surface area (Å²) in [6.07, 6.45) is 3.36. The van der Waals surface area contributed by atoms with Crippen LogP contribution in [0.15, 0.2) is 71.5 Å². The molecule has 166 valence electrons. The summed E-state index contributed by atoms with van der Waals surface area (Å²) >= 11 is 0. The first kappa shape index (κ1) is 21.8. The summed E-state index contributed by atoms with van der Waals surface area (Å²) in [5, 5.41) is 3.45. The van der Waals surface area contributed by atoms with Crippen LogP contribution in [0.25, 0.3) is 5.57 Å². The topological polar surface area (TPSA) is 100.0 Å². The molecule has 2 aliphatic rings. The lowest BCUT2D eigenvalue weighted by atomic mass is 10.0. The number of amides is 1. The van der Waals surface area contributed by atoms with Crippen molar-refractivity contribution in [2.45, 2.75) is 6.54 Å². The van der Waals surface area contributed by atoms with Crippen LogP contribution < -0.4 is 16.8 Å². The summed E-state index contributed by atoms with van der Waals surface area (Å²) in [5.74, 6) is 0.406. The highest BCUT2D eigenvalue weighted by Gasteiger charge is 2.18. The van der Waals surface area contributed by atoms with Crippen LogP contribution in [0, 0.1) is 0 Å². The van der Waals surface area contributed by atoms with Gasteiger partial charge in [-0.25, -0.2) is 0 Å². The third kappa shape index (κ3) is 5.07. The van der Waals surface area contributed by atoms with Gasteiger partial charge in [0.15, 0.2) is 0 Å². The Morgan fingerprint density at radius 2 is 1.69 bits per heavy atom. The SMILES string of the molecule is CN1CCN(Cc2ccc(C3=NC/C(=C(\C=C/N)c4ccc(C(N)=O)cc4)N3)cc2)CC1. The Bertz CT molecular complexity index is 1040. The lowest BCUT2D eigenvalue weighted by Crippen LogP contribution is -2.43. The number of carbonyl (C=O) groups excluding carboxylic acids is 1. The van der Waals surface area contributed by atoms with E-state index in [4.69, 9.17) is 16.5 Å². The lowest BCUT2D eigenvalue weighted by Gasteiger charge is -2.32. The molecule has 7 nitrogen and oxygen atoms in total. The highest BCUT2D eigenvalue weighted by atomic mass is 16.1. The number of hydrogen-bond acceptors (Lipinski definition) is 6. The third-order valence-electron chi connectivity index (χ3n) is 5.96. The molecule has 7 heteroatoms. The maximum Gasteiger partial charge on any atom is 0.248 e. The molecular formula is C25H30N6O. The molecule has 4 rings (SSSR count). The van der Waals surface area contributed by atoms with Crippen LogP contribution in [0.4, 0.5) is 0 Å². The van der Waals surface area contributed by atoms with Crippen molar-refractivity contribution in [2.24, 2.45) is 16.5 Å². The zero-order chi connectivity index (χ0) is 22.5. The number of carbonyl (C=O) groups is 1. The standard InChI is InChI=1S/C25H30N6O/c1-30-12-14-31(15-13-30)17-18-2-4-21(5-3-18)25-28-16-23(29-25)22(10-11-26)19-6-8-20(9-7-19)24(27)32/h2-11H,12-17,26H2,1H3,(H2,27,32)(H,28,29)/b11-10-,23-22-. The molecule has 32 heavy (non-hydrogen) atoms. The van der Waals surface area contributed by atoms with Crippen LogP contribution in [0.2, 0.25) is 0 Å². The number of piperazine rings is 1. The fourth-order valence-electron chi connectivity index (χ4n) is 4.01. The Balaban J connectivity index is 1.46. The quantitative estimate of drug-likeness (QED) is 0.649. The number of aliphatic imine (C=N–C) groups is 1. The van der Waals surface area contributed by atoms with Crippen LogP contribution in [-0.2, 0) is 6.54 Å². The number of amidine groups is 1. The number of rotatable bonds is 6. The summed E-state index contributed by atoms with van der Waals surface area (Å²) in [6, 6.07) is 15.8. The Hall–Kier alpha value is -3.42. The first-order valence-corrected chi connectivity index (χ1v) is 10.9. The van der Waals surface area contributed by atoms with Gasteiger partial charge in [-0.05, 0) is 42.6 Å². The smallest absolute Gasteiger partial charge is 0.248 e. The van der Waals surface area contributed by atoms with E-state index < -0.39 is 5.91 Å². The molecule has 2 aromatic rings. The van der Waals surface area contributed by atoms with Gasteiger partial charge in [-0.3, -0.25) is 14.7 Å². The Kier molecular flexibility index (Phi) is 6.68. The van der Waals surface area contributed by atoms with Crippen molar-refractivity contribution in [1.82, 2.24) is 15.1 Å². The average Bonchev–Trinajstić information content (AvgIpc) is 3.29. The first-order valence-electron chi connectivity index (χ1n) is 10.9.